The number of para-hydroxylation sites is 1. The van der Waals surface area contributed by atoms with E-state index in [4.69, 9.17) is 4.74 Å². The second kappa shape index (κ2) is 10.0. The maximum Gasteiger partial charge on any atom is 0.407 e. The van der Waals surface area contributed by atoms with Crippen molar-refractivity contribution in [3.8, 4) is 0 Å². The van der Waals surface area contributed by atoms with Crippen LogP contribution in [0.1, 0.15) is 30.1 Å². The average molecular weight is 475 g/mol. The van der Waals surface area contributed by atoms with Crippen molar-refractivity contribution in [2.75, 3.05) is 45.9 Å². The molecular formula is C23H30N4O5S. The van der Waals surface area contributed by atoms with Crippen LogP contribution in [0.25, 0.3) is 10.2 Å². The van der Waals surface area contributed by atoms with Gasteiger partial charge in [-0.05, 0) is 24.5 Å². The predicted octanol–water partition coefficient (Wildman–Crippen LogP) is 2.62. The summed E-state index contributed by atoms with van der Waals surface area (Å²) in [5.74, 6) is -0.585. The number of piperidine rings is 1. The quantitative estimate of drug-likeness (QED) is 0.715. The summed E-state index contributed by atoms with van der Waals surface area (Å²) in [4.78, 5) is 48.0. The van der Waals surface area contributed by atoms with Crippen LogP contribution < -0.4 is 0 Å². The Hall–Kier alpha value is -2.72. The number of benzene rings is 1. The molecule has 2 aromatic rings. The van der Waals surface area contributed by atoms with Crippen LogP contribution in [0.3, 0.4) is 0 Å². The molecule has 2 aliphatic heterocycles. The van der Waals surface area contributed by atoms with Gasteiger partial charge in [0.25, 0.3) is 5.91 Å². The van der Waals surface area contributed by atoms with E-state index in [-0.39, 0.29) is 30.8 Å². The number of aromatic nitrogens is 1. The molecule has 2 fully saturated rings. The Bertz CT molecular complexity index is 986. The smallest absolute Gasteiger partial charge is 0.407 e. The zero-order chi connectivity index (χ0) is 23.5. The fraction of sp³-hybridized carbons (Fsp3) is 0.565. The lowest BCUT2D eigenvalue weighted by Gasteiger charge is -2.43. The third-order valence-corrected chi connectivity index (χ3v) is 7.14. The van der Waals surface area contributed by atoms with Crippen LogP contribution in [0, 0.1) is 11.8 Å². The first-order valence-corrected chi connectivity index (χ1v) is 12.2. The number of likely N-dealkylation sites (tertiary alicyclic amines) is 1. The zero-order valence-corrected chi connectivity index (χ0v) is 19.8. The minimum Gasteiger partial charge on any atom is -0.465 e. The van der Waals surface area contributed by atoms with Crippen LogP contribution in [0.2, 0.25) is 0 Å². The van der Waals surface area contributed by atoms with Crippen LogP contribution in [0.4, 0.5) is 4.79 Å². The van der Waals surface area contributed by atoms with Crippen molar-refractivity contribution in [2.24, 2.45) is 11.8 Å². The molecule has 2 atom stereocenters. The van der Waals surface area contributed by atoms with Gasteiger partial charge < -0.3 is 24.5 Å². The number of carboxylic acid groups (broad SMARTS) is 1. The van der Waals surface area contributed by atoms with Crippen LogP contribution in [-0.2, 0) is 9.53 Å². The number of hydrogen-bond donors (Lipinski definition) is 1. The molecule has 0 spiro atoms. The number of fused-ring (bicyclic) bond motifs is 1. The van der Waals surface area contributed by atoms with Crippen molar-refractivity contribution in [1.29, 1.82) is 0 Å². The molecular weight excluding hydrogens is 444 g/mol. The van der Waals surface area contributed by atoms with E-state index in [0.717, 1.165) is 10.2 Å². The summed E-state index contributed by atoms with van der Waals surface area (Å²) in [6.45, 7) is 6.82. The Kier molecular flexibility index (Phi) is 7.14. The molecule has 10 heteroatoms. The molecule has 0 unspecified atom stereocenters. The third-order valence-electron chi connectivity index (χ3n) is 6.11. The lowest BCUT2D eigenvalue weighted by molar-refractivity contribution is -0.142. The van der Waals surface area contributed by atoms with Gasteiger partial charge in [0.05, 0.1) is 35.4 Å². The van der Waals surface area contributed by atoms with Gasteiger partial charge in [0.2, 0.25) is 5.91 Å². The molecule has 1 aromatic carbocycles. The molecule has 4 rings (SSSR count). The van der Waals surface area contributed by atoms with E-state index in [0.29, 0.717) is 44.3 Å². The van der Waals surface area contributed by atoms with Gasteiger partial charge in [-0.25, -0.2) is 9.78 Å². The monoisotopic (exact) mass is 474 g/mol. The first-order chi connectivity index (χ1) is 15.8. The van der Waals surface area contributed by atoms with Gasteiger partial charge in [0, 0.05) is 32.7 Å². The number of rotatable bonds is 5. The van der Waals surface area contributed by atoms with E-state index in [1.807, 2.05) is 38.1 Å². The van der Waals surface area contributed by atoms with E-state index >= 15 is 0 Å². The highest BCUT2D eigenvalue weighted by molar-refractivity contribution is 7.20. The standard InChI is InChI=1S/C23H30N4O5S/c1-15(2)12-27(22(29)20-24-18-5-3-4-6-19(18)33-20)17-11-16(13-26(14-17)23(30)31)21(28)25-7-9-32-10-8-25/h3-6,15-17H,7-14H2,1-2H3,(H,30,31)/t16-,17+/m1/s1. The number of thiazole rings is 1. The lowest BCUT2D eigenvalue weighted by atomic mass is 9.91. The number of hydrogen-bond acceptors (Lipinski definition) is 6. The maximum atomic E-state index is 13.6. The topological polar surface area (TPSA) is 103 Å². The highest BCUT2D eigenvalue weighted by atomic mass is 32.1. The normalized spacial score (nSPS) is 21.4. The fourth-order valence-electron chi connectivity index (χ4n) is 4.55. The summed E-state index contributed by atoms with van der Waals surface area (Å²) in [6.07, 6.45) is -0.639. The van der Waals surface area contributed by atoms with Crippen molar-refractivity contribution >= 4 is 39.5 Å². The van der Waals surface area contributed by atoms with E-state index in [1.165, 1.54) is 16.2 Å². The number of nitrogens with zero attached hydrogens (tertiary/aromatic N) is 4. The summed E-state index contributed by atoms with van der Waals surface area (Å²) < 4.78 is 6.28. The molecule has 3 amide bonds. The Labute approximate surface area is 196 Å². The van der Waals surface area contributed by atoms with E-state index in [9.17, 15) is 19.5 Å². The molecule has 33 heavy (non-hydrogen) atoms. The number of carbonyl (C=O) groups excluding carboxylic acids is 2. The molecule has 2 aliphatic rings. The molecule has 2 saturated heterocycles. The third kappa shape index (κ3) is 5.27. The van der Waals surface area contributed by atoms with Gasteiger partial charge >= 0.3 is 6.09 Å². The zero-order valence-electron chi connectivity index (χ0n) is 19.0. The molecule has 0 bridgehead atoms. The van der Waals surface area contributed by atoms with Crippen LogP contribution >= 0.6 is 11.3 Å². The lowest BCUT2D eigenvalue weighted by Crippen LogP contribution is -2.58. The SMILES string of the molecule is CC(C)CN(C(=O)c1nc2ccccc2s1)[C@H]1C[C@@H](C(=O)N2CCOCC2)CN(C(=O)O)C1. The Morgan fingerprint density at radius 2 is 1.91 bits per heavy atom. The molecule has 3 heterocycles. The highest BCUT2D eigenvalue weighted by Crippen LogP contribution is 2.28. The highest BCUT2D eigenvalue weighted by Gasteiger charge is 2.40. The van der Waals surface area contributed by atoms with Gasteiger partial charge in [-0.2, -0.15) is 0 Å². The number of ether oxygens (including phenoxy) is 1. The van der Waals surface area contributed by atoms with Crippen molar-refractivity contribution in [2.45, 2.75) is 26.3 Å². The first kappa shape index (κ1) is 23.4. The van der Waals surface area contributed by atoms with Crippen molar-refractivity contribution < 1.29 is 24.2 Å². The van der Waals surface area contributed by atoms with Crippen molar-refractivity contribution in [3.05, 3.63) is 29.3 Å². The van der Waals surface area contributed by atoms with Gasteiger partial charge in [0.15, 0.2) is 5.01 Å². The average Bonchev–Trinajstić information content (AvgIpc) is 3.26. The van der Waals surface area contributed by atoms with Crippen LogP contribution in [0.5, 0.6) is 0 Å². The molecule has 1 aromatic heterocycles. The molecule has 0 radical (unpaired) electrons. The summed E-state index contributed by atoms with van der Waals surface area (Å²) in [7, 11) is 0. The van der Waals surface area contributed by atoms with Crippen molar-refractivity contribution in [1.82, 2.24) is 19.7 Å². The maximum absolute atomic E-state index is 13.6. The summed E-state index contributed by atoms with van der Waals surface area (Å²) in [5.41, 5.74) is 0.770. The van der Waals surface area contributed by atoms with Crippen molar-refractivity contribution in [3.63, 3.8) is 0 Å². The molecule has 178 valence electrons. The molecule has 1 N–H and O–H groups in total. The van der Waals surface area contributed by atoms with Crippen LogP contribution in [0.15, 0.2) is 24.3 Å². The van der Waals surface area contributed by atoms with Crippen LogP contribution in [-0.4, -0.2) is 94.7 Å². The molecule has 9 nitrogen and oxygen atoms in total. The number of carbonyl (C=O) groups is 3. The molecule has 0 aliphatic carbocycles. The fourth-order valence-corrected chi connectivity index (χ4v) is 5.47. The number of amides is 3. The van der Waals surface area contributed by atoms with Gasteiger partial charge in [-0.3, -0.25) is 9.59 Å². The number of morpholine rings is 1. The second-order valence-electron chi connectivity index (χ2n) is 9.05. The Balaban J connectivity index is 1.60. The van der Waals surface area contributed by atoms with E-state index in [1.54, 1.807) is 9.80 Å². The minimum absolute atomic E-state index is 0.0637. The summed E-state index contributed by atoms with van der Waals surface area (Å²) in [6, 6.07) is 7.20. The van der Waals surface area contributed by atoms with Gasteiger partial charge in [-0.1, -0.05) is 26.0 Å². The second-order valence-corrected chi connectivity index (χ2v) is 10.1. The largest absolute Gasteiger partial charge is 0.465 e. The predicted molar refractivity (Wildman–Crippen MR) is 124 cm³/mol. The minimum atomic E-state index is -1.07. The summed E-state index contributed by atoms with van der Waals surface area (Å²) in [5, 5.41) is 10.1. The Morgan fingerprint density at radius 1 is 1.18 bits per heavy atom. The van der Waals surface area contributed by atoms with E-state index in [2.05, 4.69) is 4.98 Å². The summed E-state index contributed by atoms with van der Waals surface area (Å²) >= 11 is 1.34. The van der Waals surface area contributed by atoms with Gasteiger partial charge in [0.1, 0.15) is 0 Å². The molecule has 0 saturated carbocycles. The Morgan fingerprint density at radius 3 is 2.58 bits per heavy atom. The first-order valence-electron chi connectivity index (χ1n) is 11.3. The van der Waals surface area contributed by atoms with Gasteiger partial charge in [-0.15, -0.1) is 11.3 Å². The van der Waals surface area contributed by atoms with E-state index < -0.39 is 18.1 Å².